The smallest absolute Gasteiger partial charge is 0.346 e. The molecule has 0 radical (unpaired) electrons. The molecule has 9 heteroatoms. The lowest BCUT2D eigenvalue weighted by molar-refractivity contribution is 0.0729. The van der Waals surface area contributed by atoms with Gasteiger partial charge in [0.05, 0.1) is 33.1 Å². The zero-order valence-corrected chi connectivity index (χ0v) is 18.1. The lowest BCUT2D eigenvalue weighted by Gasteiger charge is -2.13. The molecule has 0 spiro atoms. The standard InChI is InChI=1S/C24H21FN2O6/c1-30-20-12-16(13-21(31-2)22(20)32-3)23(28)27-26-14-15-8-10-17(11-9-15)33-24(29)18-6-4-5-7-19(18)25/h4-14H,1-3H3,(H,27,28)/b26-14-. The van der Waals surface area contributed by atoms with Gasteiger partial charge in [0.25, 0.3) is 5.91 Å². The number of hydrazone groups is 1. The maximum Gasteiger partial charge on any atom is 0.346 e. The first kappa shape index (κ1) is 23.3. The van der Waals surface area contributed by atoms with Crippen LogP contribution in [-0.4, -0.2) is 39.4 Å². The Balaban J connectivity index is 1.63. The van der Waals surface area contributed by atoms with E-state index >= 15 is 0 Å². The van der Waals surface area contributed by atoms with E-state index in [0.29, 0.717) is 22.8 Å². The van der Waals surface area contributed by atoms with Crippen molar-refractivity contribution in [1.82, 2.24) is 5.43 Å². The Morgan fingerprint density at radius 1 is 0.909 bits per heavy atom. The molecule has 0 bridgehead atoms. The molecular weight excluding hydrogens is 431 g/mol. The predicted octanol–water partition coefficient (Wildman–Crippen LogP) is 3.83. The number of rotatable bonds is 8. The molecule has 0 unspecified atom stereocenters. The molecule has 0 fully saturated rings. The highest BCUT2D eigenvalue weighted by Crippen LogP contribution is 2.38. The highest BCUT2D eigenvalue weighted by atomic mass is 19.1. The first-order valence-electron chi connectivity index (χ1n) is 9.67. The molecule has 0 saturated carbocycles. The third kappa shape index (κ3) is 5.65. The molecule has 0 aliphatic heterocycles. The zero-order chi connectivity index (χ0) is 23.8. The minimum absolute atomic E-state index is 0.155. The third-order valence-electron chi connectivity index (χ3n) is 4.49. The number of nitrogens with zero attached hydrogens (tertiary/aromatic N) is 1. The third-order valence-corrected chi connectivity index (χ3v) is 4.49. The van der Waals surface area contributed by atoms with Crippen molar-refractivity contribution < 1.29 is 32.9 Å². The van der Waals surface area contributed by atoms with Gasteiger partial charge in [0, 0.05) is 5.56 Å². The maximum absolute atomic E-state index is 13.7. The van der Waals surface area contributed by atoms with Gasteiger partial charge in [-0.05, 0) is 54.1 Å². The molecule has 0 heterocycles. The van der Waals surface area contributed by atoms with E-state index in [9.17, 15) is 14.0 Å². The van der Waals surface area contributed by atoms with Crippen LogP contribution < -0.4 is 24.4 Å². The van der Waals surface area contributed by atoms with Gasteiger partial charge in [-0.2, -0.15) is 5.10 Å². The van der Waals surface area contributed by atoms with E-state index in [1.165, 1.54) is 70.0 Å². The first-order valence-corrected chi connectivity index (χ1v) is 9.67. The van der Waals surface area contributed by atoms with Gasteiger partial charge >= 0.3 is 5.97 Å². The quantitative estimate of drug-likeness (QED) is 0.242. The van der Waals surface area contributed by atoms with E-state index in [2.05, 4.69) is 10.5 Å². The van der Waals surface area contributed by atoms with E-state index in [4.69, 9.17) is 18.9 Å². The minimum atomic E-state index is -0.799. The summed E-state index contributed by atoms with van der Waals surface area (Å²) >= 11 is 0. The number of carbonyl (C=O) groups excluding carboxylic acids is 2. The van der Waals surface area contributed by atoms with Crippen molar-refractivity contribution in [1.29, 1.82) is 0 Å². The molecular formula is C24H21FN2O6. The van der Waals surface area contributed by atoms with E-state index < -0.39 is 17.7 Å². The summed E-state index contributed by atoms with van der Waals surface area (Å²) in [5.74, 6) is -0.655. The van der Waals surface area contributed by atoms with Crippen molar-refractivity contribution in [2.45, 2.75) is 0 Å². The number of carbonyl (C=O) groups is 2. The SMILES string of the molecule is COc1cc(C(=O)N/N=C\c2ccc(OC(=O)c3ccccc3F)cc2)cc(OC)c1OC. The summed E-state index contributed by atoms with van der Waals surface area (Å²) in [6, 6.07) is 14.9. The molecule has 3 aromatic rings. The van der Waals surface area contributed by atoms with Gasteiger partial charge in [-0.3, -0.25) is 4.79 Å². The predicted molar refractivity (Wildman–Crippen MR) is 119 cm³/mol. The largest absolute Gasteiger partial charge is 0.493 e. The van der Waals surface area contributed by atoms with Gasteiger partial charge in [0.15, 0.2) is 11.5 Å². The Kier molecular flexibility index (Phi) is 7.59. The van der Waals surface area contributed by atoms with Crippen LogP contribution in [0, 0.1) is 5.82 Å². The molecule has 1 amide bonds. The van der Waals surface area contributed by atoms with E-state index in [1.807, 2.05) is 0 Å². The van der Waals surface area contributed by atoms with Crippen LogP contribution in [0.5, 0.6) is 23.0 Å². The number of nitrogens with one attached hydrogen (secondary N) is 1. The second-order valence-electron chi connectivity index (χ2n) is 6.55. The Hall–Kier alpha value is -4.40. The number of esters is 1. The number of amides is 1. The fourth-order valence-electron chi connectivity index (χ4n) is 2.85. The minimum Gasteiger partial charge on any atom is -0.493 e. The monoisotopic (exact) mass is 452 g/mol. The van der Waals surface area contributed by atoms with E-state index in [-0.39, 0.29) is 16.9 Å². The molecule has 0 aliphatic rings. The number of benzene rings is 3. The molecule has 3 aromatic carbocycles. The zero-order valence-electron chi connectivity index (χ0n) is 18.1. The van der Waals surface area contributed by atoms with Crippen LogP contribution in [0.2, 0.25) is 0 Å². The number of hydrogen-bond donors (Lipinski definition) is 1. The summed E-state index contributed by atoms with van der Waals surface area (Å²) in [6.07, 6.45) is 1.42. The van der Waals surface area contributed by atoms with Crippen LogP contribution in [0.4, 0.5) is 4.39 Å². The molecule has 170 valence electrons. The average Bonchev–Trinajstić information content (AvgIpc) is 2.84. The van der Waals surface area contributed by atoms with Gasteiger partial charge in [0.2, 0.25) is 5.75 Å². The number of methoxy groups -OCH3 is 3. The number of ether oxygens (including phenoxy) is 4. The Morgan fingerprint density at radius 2 is 1.55 bits per heavy atom. The van der Waals surface area contributed by atoms with Gasteiger partial charge in [-0.25, -0.2) is 14.6 Å². The molecule has 1 N–H and O–H groups in total. The van der Waals surface area contributed by atoms with Crippen LogP contribution in [0.25, 0.3) is 0 Å². The molecule has 0 aliphatic carbocycles. The van der Waals surface area contributed by atoms with Crippen molar-refractivity contribution in [2.75, 3.05) is 21.3 Å². The maximum atomic E-state index is 13.7. The normalized spacial score (nSPS) is 10.5. The summed E-state index contributed by atoms with van der Waals surface area (Å²) in [6.45, 7) is 0. The van der Waals surface area contributed by atoms with Crippen molar-refractivity contribution in [3.63, 3.8) is 0 Å². The van der Waals surface area contributed by atoms with Crippen LogP contribution in [0.3, 0.4) is 0 Å². The van der Waals surface area contributed by atoms with Crippen LogP contribution in [0.15, 0.2) is 65.8 Å². The Morgan fingerprint density at radius 3 is 2.12 bits per heavy atom. The van der Waals surface area contributed by atoms with Gasteiger partial charge in [0.1, 0.15) is 11.6 Å². The van der Waals surface area contributed by atoms with E-state index in [1.54, 1.807) is 18.2 Å². The Bertz CT molecular complexity index is 1150. The molecule has 0 atom stereocenters. The van der Waals surface area contributed by atoms with Crippen molar-refractivity contribution in [3.8, 4) is 23.0 Å². The average molecular weight is 452 g/mol. The molecule has 0 aromatic heterocycles. The van der Waals surface area contributed by atoms with Crippen molar-refractivity contribution in [3.05, 3.63) is 83.2 Å². The fourth-order valence-corrected chi connectivity index (χ4v) is 2.85. The summed E-state index contributed by atoms with van der Waals surface area (Å²) < 4.78 is 34.6. The molecule has 0 saturated heterocycles. The van der Waals surface area contributed by atoms with Gasteiger partial charge in [-0.1, -0.05) is 12.1 Å². The lowest BCUT2D eigenvalue weighted by Crippen LogP contribution is -2.18. The van der Waals surface area contributed by atoms with Crippen molar-refractivity contribution >= 4 is 18.1 Å². The molecule has 8 nitrogen and oxygen atoms in total. The number of hydrogen-bond acceptors (Lipinski definition) is 7. The first-order chi connectivity index (χ1) is 16.0. The summed E-state index contributed by atoms with van der Waals surface area (Å²) in [7, 11) is 4.37. The van der Waals surface area contributed by atoms with Gasteiger partial charge < -0.3 is 18.9 Å². The highest BCUT2D eigenvalue weighted by molar-refractivity contribution is 5.96. The summed E-state index contributed by atoms with van der Waals surface area (Å²) in [4.78, 5) is 24.5. The van der Waals surface area contributed by atoms with E-state index in [0.717, 1.165) is 0 Å². The Labute approximate surface area is 189 Å². The number of halogens is 1. The van der Waals surface area contributed by atoms with Crippen LogP contribution >= 0.6 is 0 Å². The fraction of sp³-hybridized carbons (Fsp3) is 0.125. The second kappa shape index (κ2) is 10.8. The summed E-state index contributed by atoms with van der Waals surface area (Å²) in [5.41, 5.74) is 3.15. The summed E-state index contributed by atoms with van der Waals surface area (Å²) in [5, 5.41) is 3.93. The lowest BCUT2D eigenvalue weighted by atomic mass is 10.1. The van der Waals surface area contributed by atoms with Crippen LogP contribution in [-0.2, 0) is 0 Å². The highest BCUT2D eigenvalue weighted by Gasteiger charge is 2.17. The topological polar surface area (TPSA) is 95.5 Å². The van der Waals surface area contributed by atoms with Crippen molar-refractivity contribution in [2.24, 2.45) is 5.10 Å². The second-order valence-corrected chi connectivity index (χ2v) is 6.55. The van der Waals surface area contributed by atoms with Crippen LogP contribution in [0.1, 0.15) is 26.3 Å². The van der Waals surface area contributed by atoms with Gasteiger partial charge in [-0.15, -0.1) is 0 Å². The molecule has 3 rings (SSSR count). The molecule has 33 heavy (non-hydrogen) atoms.